The Balaban J connectivity index is 1.41. The third-order valence-electron chi connectivity index (χ3n) is 7.76. The van der Waals surface area contributed by atoms with Gasteiger partial charge in [-0.3, -0.25) is 9.52 Å². The molecule has 3 aromatic carbocycles. The number of carbonyl (C=O) groups is 2. The first kappa shape index (κ1) is 31.3. The average Bonchev–Trinajstić information content (AvgIpc) is 3.57. The summed E-state index contributed by atoms with van der Waals surface area (Å²) >= 11 is 1.11. The molecule has 12 heteroatoms. The number of thiophene rings is 1. The number of likely N-dealkylation sites (N-methyl/N-ethyl adjacent to an activating group) is 1. The van der Waals surface area contributed by atoms with Gasteiger partial charge in [0.25, 0.3) is 10.0 Å². The van der Waals surface area contributed by atoms with E-state index in [1.165, 1.54) is 6.07 Å². The molecule has 3 amide bonds. The van der Waals surface area contributed by atoms with Crippen molar-refractivity contribution in [2.75, 3.05) is 36.8 Å². The minimum atomic E-state index is -3.80. The van der Waals surface area contributed by atoms with E-state index >= 15 is 0 Å². The number of carbonyl (C=O) groups excluding carboxylic acids is 2. The number of nitrogens with zero attached hydrogens (tertiary/aromatic N) is 2. The second kappa shape index (κ2) is 13.2. The lowest BCUT2D eigenvalue weighted by Crippen LogP contribution is -2.48. The van der Waals surface area contributed by atoms with E-state index in [2.05, 4.69) is 10.0 Å². The van der Waals surface area contributed by atoms with Crippen LogP contribution in [0.1, 0.15) is 19.4 Å². The maximum absolute atomic E-state index is 13.5. The molecule has 10 nitrogen and oxygen atoms in total. The molecule has 3 atom stereocenters. The zero-order valence-electron chi connectivity index (χ0n) is 24.8. The summed E-state index contributed by atoms with van der Waals surface area (Å²) in [5, 5.41) is 16.5. The van der Waals surface area contributed by atoms with Crippen LogP contribution >= 0.6 is 11.3 Å². The molecule has 0 radical (unpaired) electrons. The van der Waals surface area contributed by atoms with Crippen LogP contribution in [0.2, 0.25) is 0 Å². The molecule has 0 unspecified atom stereocenters. The summed E-state index contributed by atoms with van der Waals surface area (Å²) in [5.41, 5.74) is 1.49. The Hall–Kier alpha value is -4.13. The van der Waals surface area contributed by atoms with Crippen molar-refractivity contribution in [3.63, 3.8) is 0 Å². The lowest BCUT2D eigenvalue weighted by Gasteiger charge is -2.34. The van der Waals surface area contributed by atoms with Crippen LogP contribution in [0.5, 0.6) is 5.75 Å². The molecule has 0 bridgehead atoms. The van der Waals surface area contributed by atoms with Crippen molar-refractivity contribution >= 4 is 55.4 Å². The second-order valence-corrected chi connectivity index (χ2v) is 13.9. The molecule has 5 rings (SSSR count). The van der Waals surface area contributed by atoms with Gasteiger partial charge in [-0.05, 0) is 48.0 Å². The normalized spacial score (nSPS) is 17.9. The van der Waals surface area contributed by atoms with E-state index in [0.29, 0.717) is 29.2 Å². The predicted molar refractivity (Wildman–Crippen MR) is 173 cm³/mol. The number of aliphatic hydroxyl groups is 1. The van der Waals surface area contributed by atoms with Gasteiger partial charge in [0.05, 0.1) is 31.3 Å². The molecule has 0 saturated carbocycles. The number of anilines is 2. The van der Waals surface area contributed by atoms with E-state index in [9.17, 15) is 23.1 Å². The van der Waals surface area contributed by atoms with Crippen molar-refractivity contribution in [1.82, 2.24) is 9.80 Å². The topological polar surface area (TPSA) is 128 Å². The van der Waals surface area contributed by atoms with Gasteiger partial charge >= 0.3 is 6.03 Å². The van der Waals surface area contributed by atoms with Crippen molar-refractivity contribution in [2.45, 2.75) is 36.6 Å². The van der Waals surface area contributed by atoms with Crippen LogP contribution in [0.3, 0.4) is 0 Å². The molecule has 44 heavy (non-hydrogen) atoms. The molecule has 0 aliphatic carbocycles. The summed E-state index contributed by atoms with van der Waals surface area (Å²) in [4.78, 5) is 30.0. The van der Waals surface area contributed by atoms with Crippen molar-refractivity contribution in [3.05, 3.63) is 83.7 Å². The fourth-order valence-corrected chi connectivity index (χ4v) is 7.27. The van der Waals surface area contributed by atoms with Gasteiger partial charge in [0.1, 0.15) is 16.1 Å². The first-order valence-electron chi connectivity index (χ1n) is 14.3. The third-order valence-corrected chi connectivity index (χ3v) is 10.5. The number of urea groups is 1. The largest absolute Gasteiger partial charge is 0.488 e. The van der Waals surface area contributed by atoms with Crippen LogP contribution in [0, 0.1) is 5.92 Å². The van der Waals surface area contributed by atoms with Gasteiger partial charge in [-0.2, -0.15) is 0 Å². The molecule has 0 spiro atoms. The summed E-state index contributed by atoms with van der Waals surface area (Å²) in [6, 6.07) is 20.8. The molecule has 1 aliphatic rings. The first-order valence-corrected chi connectivity index (χ1v) is 16.7. The summed E-state index contributed by atoms with van der Waals surface area (Å²) in [6.07, 6.45) is -0.574. The Morgan fingerprint density at radius 1 is 1.14 bits per heavy atom. The number of rotatable bonds is 8. The number of hydrogen-bond acceptors (Lipinski definition) is 7. The van der Waals surface area contributed by atoms with Crippen LogP contribution in [-0.2, 0) is 21.2 Å². The summed E-state index contributed by atoms with van der Waals surface area (Å²) in [6.45, 7) is 4.01. The lowest BCUT2D eigenvalue weighted by atomic mass is 10.0. The van der Waals surface area contributed by atoms with E-state index < -0.39 is 22.2 Å². The van der Waals surface area contributed by atoms with E-state index in [1.54, 1.807) is 53.4 Å². The predicted octanol–water partition coefficient (Wildman–Crippen LogP) is 5.02. The maximum atomic E-state index is 13.5. The number of aliphatic hydroxyl groups excluding tert-OH is 1. The Bertz CT molecular complexity index is 1740. The highest BCUT2D eigenvalue weighted by molar-refractivity contribution is 7.94. The Morgan fingerprint density at radius 3 is 2.66 bits per heavy atom. The van der Waals surface area contributed by atoms with Gasteiger partial charge in [0, 0.05) is 36.1 Å². The van der Waals surface area contributed by atoms with Gasteiger partial charge < -0.3 is 25.0 Å². The molecule has 232 valence electrons. The average molecular weight is 637 g/mol. The number of amides is 3. The molecule has 1 aliphatic heterocycles. The third kappa shape index (κ3) is 6.98. The monoisotopic (exact) mass is 636 g/mol. The van der Waals surface area contributed by atoms with Crippen LogP contribution in [-0.4, -0.2) is 74.2 Å². The van der Waals surface area contributed by atoms with Crippen LogP contribution < -0.4 is 14.8 Å². The first-order chi connectivity index (χ1) is 21.1. The number of hydrogen-bond donors (Lipinski definition) is 3. The minimum absolute atomic E-state index is 0.0505. The van der Waals surface area contributed by atoms with E-state index in [4.69, 9.17) is 4.74 Å². The lowest BCUT2D eigenvalue weighted by molar-refractivity contribution is -0.134. The van der Waals surface area contributed by atoms with Crippen LogP contribution in [0.15, 0.2) is 82.4 Å². The number of fused-ring (bicyclic) bond motifs is 2. The molecular weight excluding hydrogens is 601 g/mol. The Kier molecular flexibility index (Phi) is 9.42. The fourth-order valence-electron chi connectivity index (χ4n) is 5.23. The minimum Gasteiger partial charge on any atom is -0.488 e. The SMILES string of the molecule is C[C@H]1CN([C@@H](C)CO)C(=O)Cc2cc(NS(=O)(=O)c3cccs3)ccc2O[C@@H]1CN(C)C(=O)Nc1cccc2ccccc12. The van der Waals surface area contributed by atoms with Crippen LogP contribution in [0.25, 0.3) is 10.8 Å². The van der Waals surface area contributed by atoms with E-state index in [-0.39, 0.29) is 41.6 Å². The molecule has 4 aromatic rings. The molecule has 0 saturated heterocycles. The summed E-state index contributed by atoms with van der Waals surface area (Å²) in [7, 11) is -2.11. The fraction of sp³-hybridized carbons (Fsp3) is 0.312. The molecule has 2 heterocycles. The number of sulfonamides is 1. The van der Waals surface area contributed by atoms with Crippen molar-refractivity contribution in [2.24, 2.45) is 5.92 Å². The van der Waals surface area contributed by atoms with Crippen molar-refractivity contribution in [1.29, 1.82) is 0 Å². The quantitative estimate of drug-likeness (QED) is 0.249. The summed E-state index contributed by atoms with van der Waals surface area (Å²) in [5.74, 6) is -0.0106. The summed E-state index contributed by atoms with van der Waals surface area (Å²) < 4.78 is 35.0. The zero-order chi connectivity index (χ0) is 31.4. The van der Waals surface area contributed by atoms with Gasteiger partial charge in [0.2, 0.25) is 5.91 Å². The standard InChI is InChI=1S/C32H36N4O6S2/c1-21-18-36(22(2)20-37)30(38)17-24-16-25(34-44(40,41)31-12-7-15-43-31)13-14-28(24)42-29(21)19-35(3)32(39)33-27-11-6-9-23-8-4-5-10-26(23)27/h4-16,21-22,29,34,37H,17-20H2,1-3H3,(H,33,39)/t21-,22-,29+/m0/s1. The zero-order valence-corrected chi connectivity index (χ0v) is 26.4. The van der Waals surface area contributed by atoms with E-state index in [1.807, 2.05) is 49.4 Å². The van der Waals surface area contributed by atoms with Crippen molar-refractivity contribution < 1.29 is 27.9 Å². The van der Waals surface area contributed by atoms with Gasteiger partial charge in [-0.15, -0.1) is 11.3 Å². The van der Waals surface area contributed by atoms with Gasteiger partial charge in [-0.25, -0.2) is 13.2 Å². The number of ether oxygens (including phenoxy) is 1. The van der Waals surface area contributed by atoms with E-state index in [0.717, 1.165) is 22.1 Å². The highest BCUT2D eigenvalue weighted by atomic mass is 32.2. The maximum Gasteiger partial charge on any atom is 0.321 e. The van der Waals surface area contributed by atoms with Gasteiger partial charge in [0.15, 0.2) is 0 Å². The molecular formula is C32H36N4O6S2. The van der Waals surface area contributed by atoms with Gasteiger partial charge in [-0.1, -0.05) is 49.4 Å². The number of benzene rings is 3. The smallest absolute Gasteiger partial charge is 0.321 e. The highest BCUT2D eigenvalue weighted by Gasteiger charge is 2.32. The van der Waals surface area contributed by atoms with Crippen molar-refractivity contribution in [3.8, 4) is 5.75 Å². The molecule has 0 fully saturated rings. The Labute approximate surface area is 261 Å². The molecule has 3 N–H and O–H groups in total. The van der Waals surface area contributed by atoms with Crippen LogP contribution in [0.4, 0.5) is 16.2 Å². The highest BCUT2D eigenvalue weighted by Crippen LogP contribution is 2.31. The number of nitrogens with one attached hydrogen (secondary N) is 2. The molecule has 1 aromatic heterocycles. The second-order valence-electron chi connectivity index (χ2n) is 11.1. The Morgan fingerprint density at radius 2 is 1.91 bits per heavy atom.